The quantitative estimate of drug-likeness (QED) is 0.886. The lowest BCUT2D eigenvalue weighted by Gasteiger charge is -2.40. The number of carbonyl (C=O) groups is 1. The predicted molar refractivity (Wildman–Crippen MR) is 82.4 cm³/mol. The lowest BCUT2D eigenvalue weighted by atomic mass is 9.84. The molecule has 24 heavy (non-hydrogen) atoms. The number of aliphatic hydroxyl groups is 1. The van der Waals surface area contributed by atoms with E-state index in [4.69, 9.17) is 4.74 Å². The second-order valence-electron chi connectivity index (χ2n) is 6.96. The second kappa shape index (κ2) is 6.27. The van der Waals surface area contributed by atoms with Crippen LogP contribution in [-0.4, -0.2) is 40.5 Å². The van der Waals surface area contributed by atoms with E-state index in [1.165, 1.54) is 24.3 Å². The van der Waals surface area contributed by atoms with Gasteiger partial charge < -0.3 is 14.7 Å². The molecular formula is C17H22F3NO3. The topological polar surface area (TPSA) is 49.8 Å². The third kappa shape index (κ3) is 3.50. The monoisotopic (exact) mass is 345 g/mol. The van der Waals surface area contributed by atoms with Crippen molar-refractivity contribution in [1.29, 1.82) is 0 Å². The Bertz CT molecular complexity index is 583. The number of amides is 1. The number of nitrogens with zero attached hydrogens (tertiary/aromatic N) is 1. The highest BCUT2D eigenvalue weighted by Gasteiger charge is 2.62. The summed E-state index contributed by atoms with van der Waals surface area (Å²) in [5.41, 5.74) is -4.24. The van der Waals surface area contributed by atoms with E-state index in [9.17, 15) is 23.1 Å². The van der Waals surface area contributed by atoms with Crippen LogP contribution in [0.4, 0.5) is 18.0 Å². The molecule has 1 aromatic rings. The zero-order valence-corrected chi connectivity index (χ0v) is 13.9. The van der Waals surface area contributed by atoms with Crippen molar-refractivity contribution < 1.29 is 27.8 Å². The summed E-state index contributed by atoms with van der Waals surface area (Å²) in [6.45, 7) is 5.04. The zero-order chi connectivity index (χ0) is 18.2. The van der Waals surface area contributed by atoms with Crippen molar-refractivity contribution in [3.05, 3.63) is 35.9 Å². The molecule has 4 nitrogen and oxygen atoms in total. The van der Waals surface area contributed by atoms with Gasteiger partial charge in [-0.2, -0.15) is 13.2 Å². The lowest BCUT2D eigenvalue weighted by Crippen LogP contribution is -2.58. The van der Waals surface area contributed by atoms with Crippen LogP contribution < -0.4 is 0 Å². The number of ether oxygens (including phenoxy) is 1. The smallest absolute Gasteiger partial charge is 0.423 e. The zero-order valence-electron chi connectivity index (χ0n) is 13.9. The molecule has 1 fully saturated rings. The molecule has 1 N–H and O–H groups in total. The molecule has 0 spiro atoms. The Labute approximate surface area is 139 Å². The summed E-state index contributed by atoms with van der Waals surface area (Å²) < 4.78 is 46.6. The van der Waals surface area contributed by atoms with Gasteiger partial charge in [0.15, 0.2) is 0 Å². The molecule has 0 aliphatic carbocycles. The molecule has 0 radical (unpaired) electrons. The molecule has 7 heteroatoms. The van der Waals surface area contributed by atoms with Gasteiger partial charge in [0.05, 0.1) is 6.04 Å². The van der Waals surface area contributed by atoms with Crippen LogP contribution >= 0.6 is 0 Å². The van der Waals surface area contributed by atoms with E-state index < -0.39 is 29.5 Å². The largest absolute Gasteiger partial charge is 0.444 e. The molecule has 1 aromatic carbocycles. The number of hydrogen-bond acceptors (Lipinski definition) is 3. The van der Waals surface area contributed by atoms with Crippen molar-refractivity contribution in [2.24, 2.45) is 0 Å². The van der Waals surface area contributed by atoms with Gasteiger partial charge in [-0.15, -0.1) is 0 Å². The van der Waals surface area contributed by atoms with Crippen molar-refractivity contribution in [3.63, 3.8) is 0 Å². The van der Waals surface area contributed by atoms with E-state index in [1.807, 2.05) is 0 Å². The molecule has 1 saturated heterocycles. The molecule has 0 saturated carbocycles. The standard InChI is InChI=1S/C17H22F3NO3/c1-15(2,3)24-14(22)21-11-7-10-13(21)16(23,17(18,19)20)12-8-5-4-6-9-12/h4-6,8-9,13,23H,7,10-11H2,1-3H3. The van der Waals surface area contributed by atoms with Crippen LogP contribution in [0.25, 0.3) is 0 Å². The number of hydrogen-bond donors (Lipinski definition) is 1. The highest BCUT2D eigenvalue weighted by molar-refractivity contribution is 5.69. The van der Waals surface area contributed by atoms with Gasteiger partial charge in [-0.25, -0.2) is 4.79 Å². The first-order chi connectivity index (χ1) is 11.0. The van der Waals surface area contributed by atoms with E-state index in [0.717, 1.165) is 4.90 Å². The van der Waals surface area contributed by atoms with Crippen LogP contribution in [0.5, 0.6) is 0 Å². The number of likely N-dealkylation sites (tertiary alicyclic amines) is 1. The van der Waals surface area contributed by atoms with Crippen LogP contribution in [0, 0.1) is 0 Å². The summed E-state index contributed by atoms with van der Waals surface area (Å²) in [5, 5.41) is 10.7. The van der Waals surface area contributed by atoms with Crippen LogP contribution in [0.3, 0.4) is 0 Å². The van der Waals surface area contributed by atoms with Crippen molar-refractivity contribution >= 4 is 6.09 Å². The van der Waals surface area contributed by atoms with Crippen LogP contribution in [0.15, 0.2) is 30.3 Å². The third-order valence-electron chi connectivity index (χ3n) is 4.01. The van der Waals surface area contributed by atoms with Crippen LogP contribution in [-0.2, 0) is 10.3 Å². The molecule has 1 amide bonds. The Balaban J connectivity index is 2.41. The average molecular weight is 345 g/mol. The Hall–Kier alpha value is -1.76. The minimum atomic E-state index is -4.93. The van der Waals surface area contributed by atoms with Gasteiger partial charge in [-0.05, 0) is 39.2 Å². The van der Waals surface area contributed by atoms with E-state index in [0.29, 0.717) is 6.42 Å². The summed E-state index contributed by atoms with van der Waals surface area (Å²) in [6.07, 6.45) is -5.35. The predicted octanol–water partition coefficient (Wildman–Crippen LogP) is 3.84. The molecule has 1 aliphatic rings. The van der Waals surface area contributed by atoms with E-state index in [-0.39, 0.29) is 18.5 Å². The number of halogens is 3. The van der Waals surface area contributed by atoms with Gasteiger partial charge in [-0.1, -0.05) is 30.3 Å². The van der Waals surface area contributed by atoms with Gasteiger partial charge in [0, 0.05) is 6.54 Å². The fourth-order valence-corrected chi connectivity index (χ4v) is 2.98. The minimum Gasteiger partial charge on any atom is -0.444 e. The minimum absolute atomic E-state index is 0.0458. The van der Waals surface area contributed by atoms with Crippen LogP contribution in [0.2, 0.25) is 0 Å². The summed E-state index contributed by atoms with van der Waals surface area (Å²) in [7, 11) is 0. The summed E-state index contributed by atoms with van der Waals surface area (Å²) in [5.74, 6) is 0. The molecule has 2 rings (SSSR count). The van der Waals surface area contributed by atoms with Gasteiger partial charge in [-0.3, -0.25) is 0 Å². The second-order valence-corrected chi connectivity index (χ2v) is 6.96. The normalized spacial score (nSPS) is 21.5. The van der Waals surface area contributed by atoms with Gasteiger partial charge in [0.2, 0.25) is 5.60 Å². The Morgan fingerprint density at radius 1 is 1.21 bits per heavy atom. The SMILES string of the molecule is CC(C)(C)OC(=O)N1CCCC1C(O)(c1ccccc1)C(F)(F)F. The van der Waals surface area contributed by atoms with Crippen LogP contribution in [0.1, 0.15) is 39.2 Å². The van der Waals surface area contributed by atoms with E-state index in [2.05, 4.69) is 0 Å². The summed E-state index contributed by atoms with van der Waals surface area (Å²) >= 11 is 0. The van der Waals surface area contributed by atoms with Gasteiger partial charge in [0.1, 0.15) is 5.60 Å². The molecular weight excluding hydrogens is 323 g/mol. The molecule has 2 unspecified atom stereocenters. The molecule has 0 bridgehead atoms. The fourth-order valence-electron chi connectivity index (χ4n) is 2.98. The Kier molecular flexibility index (Phi) is 4.86. The third-order valence-corrected chi connectivity index (χ3v) is 4.01. The Morgan fingerprint density at radius 2 is 1.79 bits per heavy atom. The number of benzene rings is 1. The first-order valence-electron chi connectivity index (χ1n) is 7.81. The molecule has 1 aliphatic heterocycles. The molecule has 0 aromatic heterocycles. The van der Waals surface area contributed by atoms with E-state index in [1.54, 1.807) is 26.8 Å². The molecule has 134 valence electrons. The van der Waals surface area contributed by atoms with Crippen molar-refractivity contribution in [2.75, 3.05) is 6.54 Å². The number of alkyl halides is 3. The number of carbonyl (C=O) groups excluding carboxylic acids is 1. The van der Waals surface area contributed by atoms with Gasteiger partial charge >= 0.3 is 12.3 Å². The summed E-state index contributed by atoms with van der Waals surface area (Å²) in [4.78, 5) is 13.3. The molecule has 2 atom stereocenters. The Morgan fingerprint density at radius 3 is 2.29 bits per heavy atom. The maximum Gasteiger partial charge on any atom is 0.423 e. The number of rotatable bonds is 2. The van der Waals surface area contributed by atoms with Gasteiger partial charge in [0.25, 0.3) is 0 Å². The fraction of sp³-hybridized carbons (Fsp3) is 0.588. The van der Waals surface area contributed by atoms with Crippen molar-refractivity contribution in [2.45, 2.75) is 57.0 Å². The maximum absolute atomic E-state index is 13.8. The highest BCUT2D eigenvalue weighted by Crippen LogP contribution is 2.46. The highest BCUT2D eigenvalue weighted by atomic mass is 19.4. The first kappa shape index (κ1) is 18.6. The first-order valence-corrected chi connectivity index (χ1v) is 7.81. The lowest BCUT2D eigenvalue weighted by molar-refractivity contribution is -0.283. The maximum atomic E-state index is 13.8. The molecule has 1 heterocycles. The van der Waals surface area contributed by atoms with E-state index >= 15 is 0 Å². The van der Waals surface area contributed by atoms with Crippen molar-refractivity contribution in [3.8, 4) is 0 Å². The average Bonchev–Trinajstić information content (AvgIpc) is 2.94. The van der Waals surface area contributed by atoms with Crippen molar-refractivity contribution in [1.82, 2.24) is 4.90 Å². The summed E-state index contributed by atoms with van der Waals surface area (Å²) in [6, 6.07) is 5.45.